The van der Waals surface area contributed by atoms with Crippen LogP contribution in [0, 0.1) is 0 Å². The molecule has 0 bridgehead atoms. The molecule has 1 aliphatic rings. The first-order valence-electron chi connectivity index (χ1n) is 13.7. The largest absolute Gasteiger partial charge is 0.497 e. The first-order chi connectivity index (χ1) is 19.0. The van der Waals surface area contributed by atoms with Crippen molar-refractivity contribution >= 4 is 27.7 Å². The summed E-state index contributed by atoms with van der Waals surface area (Å²) in [4.78, 5) is 29.2. The summed E-state index contributed by atoms with van der Waals surface area (Å²) in [7, 11) is 1.63. The first-order valence-corrected chi connectivity index (χ1v) is 14.5. The maximum atomic E-state index is 13.8. The second-order valence-electron chi connectivity index (χ2n) is 9.97. The highest BCUT2D eigenvalue weighted by Crippen LogP contribution is 2.22. The van der Waals surface area contributed by atoms with E-state index in [2.05, 4.69) is 21.2 Å². The lowest BCUT2D eigenvalue weighted by molar-refractivity contribution is -0.141. The average molecular weight is 594 g/mol. The van der Waals surface area contributed by atoms with Crippen molar-refractivity contribution < 1.29 is 19.1 Å². The van der Waals surface area contributed by atoms with Crippen LogP contribution in [-0.4, -0.2) is 42.5 Å². The van der Waals surface area contributed by atoms with Crippen LogP contribution in [0.1, 0.15) is 49.7 Å². The second kappa shape index (κ2) is 14.7. The van der Waals surface area contributed by atoms with Crippen molar-refractivity contribution in [2.24, 2.45) is 0 Å². The van der Waals surface area contributed by atoms with E-state index in [-0.39, 0.29) is 24.3 Å². The van der Waals surface area contributed by atoms with Gasteiger partial charge in [-0.25, -0.2) is 0 Å². The summed E-state index contributed by atoms with van der Waals surface area (Å²) in [6, 6.07) is 24.8. The van der Waals surface area contributed by atoms with Gasteiger partial charge in [-0.2, -0.15) is 0 Å². The molecule has 206 valence electrons. The SMILES string of the molecule is COc1ccc(OCCCC(=O)N(Cc2cccc(Br)c2)C(Cc2ccccc2)C(=O)NC2CCCC2)cc1. The van der Waals surface area contributed by atoms with Gasteiger partial charge < -0.3 is 19.7 Å². The van der Waals surface area contributed by atoms with Gasteiger partial charge in [-0.3, -0.25) is 9.59 Å². The molecule has 3 aromatic carbocycles. The van der Waals surface area contributed by atoms with Crippen LogP contribution in [-0.2, 0) is 22.6 Å². The van der Waals surface area contributed by atoms with Crippen LogP contribution in [0.4, 0.5) is 0 Å². The molecule has 0 radical (unpaired) electrons. The van der Waals surface area contributed by atoms with Gasteiger partial charge in [0.25, 0.3) is 0 Å². The Bertz CT molecular complexity index is 1200. The quantitative estimate of drug-likeness (QED) is 0.236. The molecule has 1 atom stereocenters. The van der Waals surface area contributed by atoms with Crippen molar-refractivity contribution in [1.29, 1.82) is 0 Å². The number of hydrogen-bond acceptors (Lipinski definition) is 4. The molecule has 0 aliphatic heterocycles. The van der Waals surface area contributed by atoms with Crippen LogP contribution < -0.4 is 14.8 Å². The van der Waals surface area contributed by atoms with Gasteiger partial charge in [-0.05, 0) is 66.8 Å². The van der Waals surface area contributed by atoms with Crippen LogP contribution in [0.3, 0.4) is 0 Å². The van der Waals surface area contributed by atoms with E-state index in [1.54, 1.807) is 12.0 Å². The second-order valence-corrected chi connectivity index (χ2v) is 10.9. The molecule has 6 nitrogen and oxygen atoms in total. The maximum absolute atomic E-state index is 13.8. The number of rotatable bonds is 13. The Kier molecular flexibility index (Phi) is 10.8. The molecule has 0 aromatic heterocycles. The minimum atomic E-state index is -0.609. The molecule has 1 N–H and O–H groups in total. The first kappa shape index (κ1) is 28.7. The number of nitrogens with one attached hydrogen (secondary N) is 1. The lowest BCUT2D eigenvalue weighted by atomic mass is 10.0. The third kappa shape index (κ3) is 8.85. The van der Waals surface area contributed by atoms with Crippen molar-refractivity contribution in [2.75, 3.05) is 13.7 Å². The number of halogens is 1. The highest BCUT2D eigenvalue weighted by atomic mass is 79.9. The molecule has 1 saturated carbocycles. The molecule has 39 heavy (non-hydrogen) atoms. The lowest BCUT2D eigenvalue weighted by Gasteiger charge is -2.32. The third-order valence-electron chi connectivity index (χ3n) is 7.08. The van der Waals surface area contributed by atoms with E-state index in [0.29, 0.717) is 26.0 Å². The van der Waals surface area contributed by atoms with E-state index >= 15 is 0 Å². The molecular weight excluding hydrogens is 556 g/mol. The molecule has 3 aromatic rings. The van der Waals surface area contributed by atoms with Crippen LogP contribution >= 0.6 is 15.9 Å². The van der Waals surface area contributed by atoms with Crippen LogP contribution in [0.2, 0.25) is 0 Å². The molecule has 0 saturated heterocycles. The zero-order valence-corrected chi connectivity index (χ0v) is 24.1. The van der Waals surface area contributed by atoms with Gasteiger partial charge in [0.1, 0.15) is 17.5 Å². The fourth-order valence-electron chi connectivity index (χ4n) is 4.98. The van der Waals surface area contributed by atoms with E-state index in [4.69, 9.17) is 9.47 Å². The Morgan fingerprint density at radius 3 is 2.33 bits per heavy atom. The van der Waals surface area contributed by atoms with Crippen molar-refractivity contribution in [1.82, 2.24) is 10.2 Å². The summed E-state index contributed by atoms with van der Waals surface area (Å²) in [5, 5.41) is 3.25. The van der Waals surface area contributed by atoms with E-state index in [9.17, 15) is 9.59 Å². The Morgan fingerprint density at radius 2 is 1.64 bits per heavy atom. The van der Waals surface area contributed by atoms with Gasteiger partial charge in [0, 0.05) is 29.9 Å². The van der Waals surface area contributed by atoms with Crippen molar-refractivity contribution in [3.63, 3.8) is 0 Å². The normalized spacial score (nSPS) is 14.0. The van der Waals surface area contributed by atoms with E-state index in [1.165, 1.54) is 0 Å². The van der Waals surface area contributed by atoms with Gasteiger partial charge in [0.05, 0.1) is 13.7 Å². The number of benzene rings is 3. The highest BCUT2D eigenvalue weighted by molar-refractivity contribution is 9.10. The monoisotopic (exact) mass is 592 g/mol. The van der Waals surface area contributed by atoms with Crippen molar-refractivity contribution in [2.45, 2.75) is 63.6 Å². The number of ether oxygens (including phenoxy) is 2. The average Bonchev–Trinajstić information content (AvgIpc) is 3.47. The lowest BCUT2D eigenvalue weighted by Crippen LogP contribution is -2.52. The topological polar surface area (TPSA) is 67.9 Å². The summed E-state index contributed by atoms with van der Waals surface area (Å²) in [5.41, 5.74) is 2.00. The molecule has 2 amide bonds. The number of carbonyl (C=O) groups is 2. The Morgan fingerprint density at radius 1 is 0.949 bits per heavy atom. The van der Waals surface area contributed by atoms with Crippen LogP contribution in [0.25, 0.3) is 0 Å². The van der Waals surface area contributed by atoms with Crippen LogP contribution in [0.5, 0.6) is 11.5 Å². The summed E-state index contributed by atoms with van der Waals surface area (Å²) in [6.45, 7) is 0.758. The number of nitrogens with zero attached hydrogens (tertiary/aromatic N) is 1. The number of hydrogen-bond donors (Lipinski definition) is 1. The molecule has 1 aliphatic carbocycles. The van der Waals surface area contributed by atoms with E-state index < -0.39 is 6.04 Å². The zero-order valence-electron chi connectivity index (χ0n) is 22.5. The standard InChI is InChI=1S/C32H37BrN2O4/c1-38-28-16-18-29(19-17-28)39-20-8-15-31(36)35(23-25-11-7-12-26(33)21-25)30(22-24-9-3-2-4-10-24)32(37)34-27-13-5-6-14-27/h2-4,7,9-12,16-19,21,27,30H,5-6,8,13-15,20,22-23H2,1H3,(H,34,37). The Balaban J connectivity index is 1.50. The number of methoxy groups -OCH3 is 1. The number of carbonyl (C=O) groups excluding carboxylic acids is 2. The van der Waals surface area contributed by atoms with Gasteiger partial charge in [-0.1, -0.05) is 71.2 Å². The predicted octanol–water partition coefficient (Wildman–Crippen LogP) is 6.32. The smallest absolute Gasteiger partial charge is 0.243 e. The Hall–Kier alpha value is -3.32. The summed E-state index contributed by atoms with van der Waals surface area (Å²) in [5.74, 6) is 1.35. The highest BCUT2D eigenvalue weighted by Gasteiger charge is 2.32. The molecule has 1 fully saturated rings. The maximum Gasteiger partial charge on any atom is 0.243 e. The number of amides is 2. The third-order valence-corrected chi connectivity index (χ3v) is 7.57. The van der Waals surface area contributed by atoms with Gasteiger partial charge in [-0.15, -0.1) is 0 Å². The summed E-state index contributed by atoms with van der Waals surface area (Å²) >= 11 is 3.54. The summed E-state index contributed by atoms with van der Waals surface area (Å²) < 4.78 is 12.0. The van der Waals surface area contributed by atoms with Gasteiger partial charge in [0.2, 0.25) is 11.8 Å². The van der Waals surface area contributed by atoms with Gasteiger partial charge >= 0.3 is 0 Å². The minimum Gasteiger partial charge on any atom is -0.497 e. The Labute approximate surface area is 239 Å². The molecule has 0 spiro atoms. The summed E-state index contributed by atoms with van der Waals surface area (Å²) in [6.07, 6.45) is 5.53. The van der Waals surface area contributed by atoms with Crippen molar-refractivity contribution in [3.8, 4) is 11.5 Å². The zero-order chi connectivity index (χ0) is 27.5. The van der Waals surface area contributed by atoms with E-state index in [0.717, 1.165) is 52.8 Å². The predicted molar refractivity (Wildman–Crippen MR) is 157 cm³/mol. The molecule has 7 heteroatoms. The molecular formula is C32H37BrN2O4. The molecule has 1 unspecified atom stereocenters. The van der Waals surface area contributed by atoms with Crippen molar-refractivity contribution in [3.05, 3.63) is 94.5 Å². The minimum absolute atomic E-state index is 0.0594. The fraction of sp³-hybridized carbons (Fsp3) is 0.375. The van der Waals surface area contributed by atoms with Gasteiger partial charge in [0.15, 0.2) is 0 Å². The van der Waals surface area contributed by atoms with Crippen LogP contribution in [0.15, 0.2) is 83.3 Å². The molecule has 4 rings (SSSR count). The fourth-order valence-corrected chi connectivity index (χ4v) is 5.43. The molecule has 0 heterocycles. The van der Waals surface area contributed by atoms with E-state index in [1.807, 2.05) is 78.9 Å².